The first-order valence-corrected chi connectivity index (χ1v) is 6.27. The number of nitrogens with zero attached hydrogens (tertiary/aromatic N) is 1. The van der Waals surface area contributed by atoms with Gasteiger partial charge in [-0.1, -0.05) is 24.3 Å². The van der Waals surface area contributed by atoms with Crippen molar-refractivity contribution in [3.8, 4) is 0 Å². The molecule has 0 N–H and O–H groups in total. The maximum atomic E-state index is 12.0. The van der Waals surface area contributed by atoms with Crippen LogP contribution in [-0.4, -0.2) is 23.8 Å². The molecule has 0 amide bonds. The molecule has 4 nitrogen and oxygen atoms in total. The lowest BCUT2D eigenvalue weighted by molar-refractivity contribution is -0.139. The highest BCUT2D eigenvalue weighted by Gasteiger charge is 2.08. The number of aromatic nitrogens is 1. The first-order valence-electron chi connectivity index (χ1n) is 6.27. The first-order chi connectivity index (χ1) is 9.69. The Morgan fingerprint density at radius 2 is 1.70 bits per heavy atom. The third kappa shape index (κ3) is 3.75. The summed E-state index contributed by atoms with van der Waals surface area (Å²) >= 11 is 0. The van der Waals surface area contributed by atoms with E-state index in [9.17, 15) is 9.59 Å². The van der Waals surface area contributed by atoms with E-state index in [0.29, 0.717) is 12.0 Å². The molecule has 102 valence electrons. The van der Waals surface area contributed by atoms with Gasteiger partial charge in [0.2, 0.25) is 0 Å². The Hall–Kier alpha value is -2.49. The van der Waals surface area contributed by atoms with Crippen LogP contribution in [0.5, 0.6) is 0 Å². The molecule has 0 spiro atoms. The molecule has 0 fully saturated rings. The summed E-state index contributed by atoms with van der Waals surface area (Å²) in [6.45, 7) is 0. The number of carbonyl (C=O) groups excluding carboxylic acids is 2. The average Bonchev–Trinajstić information content (AvgIpc) is 2.50. The molecule has 1 aromatic heterocycles. The maximum absolute atomic E-state index is 12.0. The SMILES string of the molecule is COC(=O)Cc1ccc(CC(=O)c2cccnc2)cc1. The van der Waals surface area contributed by atoms with Crippen molar-refractivity contribution in [2.24, 2.45) is 0 Å². The molecule has 2 aromatic rings. The van der Waals surface area contributed by atoms with Crippen LogP contribution >= 0.6 is 0 Å². The van der Waals surface area contributed by atoms with Crippen LogP contribution < -0.4 is 0 Å². The van der Waals surface area contributed by atoms with Crippen molar-refractivity contribution in [3.63, 3.8) is 0 Å². The van der Waals surface area contributed by atoms with Crippen LogP contribution in [0.1, 0.15) is 21.5 Å². The van der Waals surface area contributed by atoms with Crippen LogP contribution in [0.25, 0.3) is 0 Å². The van der Waals surface area contributed by atoms with Crippen LogP contribution in [0.3, 0.4) is 0 Å². The van der Waals surface area contributed by atoms with Gasteiger partial charge >= 0.3 is 5.97 Å². The Morgan fingerprint density at radius 3 is 2.25 bits per heavy atom. The van der Waals surface area contributed by atoms with Gasteiger partial charge in [-0.2, -0.15) is 0 Å². The minimum atomic E-state index is -0.274. The number of hydrogen-bond donors (Lipinski definition) is 0. The Morgan fingerprint density at radius 1 is 1.05 bits per heavy atom. The van der Waals surface area contributed by atoms with Crippen LogP contribution in [0.2, 0.25) is 0 Å². The van der Waals surface area contributed by atoms with Crippen molar-refractivity contribution in [1.29, 1.82) is 0 Å². The number of Topliss-reactive ketones (excluding diaryl/α,β-unsaturated/α-hetero) is 1. The van der Waals surface area contributed by atoms with E-state index in [4.69, 9.17) is 0 Å². The molecule has 0 saturated carbocycles. The monoisotopic (exact) mass is 269 g/mol. The fraction of sp³-hybridized carbons (Fsp3) is 0.188. The van der Waals surface area contributed by atoms with Crippen LogP contribution in [-0.2, 0) is 22.4 Å². The highest BCUT2D eigenvalue weighted by molar-refractivity contribution is 5.97. The summed E-state index contributed by atoms with van der Waals surface area (Å²) in [7, 11) is 1.36. The second-order valence-corrected chi connectivity index (χ2v) is 4.41. The molecule has 0 unspecified atom stereocenters. The summed E-state index contributed by atoms with van der Waals surface area (Å²) in [4.78, 5) is 27.1. The van der Waals surface area contributed by atoms with Crippen molar-refractivity contribution in [2.45, 2.75) is 12.8 Å². The van der Waals surface area contributed by atoms with Gasteiger partial charge in [0.15, 0.2) is 5.78 Å². The van der Waals surface area contributed by atoms with Crippen molar-refractivity contribution in [1.82, 2.24) is 4.98 Å². The van der Waals surface area contributed by atoms with Crippen LogP contribution in [0, 0.1) is 0 Å². The molecule has 4 heteroatoms. The van der Waals surface area contributed by atoms with Gasteiger partial charge in [0.1, 0.15) is 0 Å². The number of hydrogen-bond acceptors (Lipinski definition) is 4. The average molecular weight is 269 g/mol. The molecule has 0 saturated heterocycles. The van der Waals surface area contributed by atoms with Gasteiger partial charge in [-0.05, 0) is 23.3 Å². The molecule has 2 rings (SSSR count). The normalized spacial score (nSPS) is 10.1. The number of ether oxygens (including phenoxy) is 1. The van der Waals surface area contributed by atoms with Gasteiger partial charge in [-0.3, -0.25) is 14.6 Å². The first kappa shape index (κ1) is 13.9. The molecule has 0 aliphatic rings. The van der Waals surface area contributed by atoms with E-state index in [1.807, 2.05) is 24.3 Å². The van der Waals surface area contributed by atoms with Crippen molar-refractivity contribution < 1.29 is 14.3 Å². The van der Waals surface area contributed by atoms with Crippen molar-refractivity contribution >= 4 is 11.8 Å². The number of benzene rings is 1. The van der Waals surface area contributed by atoms with E-state index in [-0.39, 0.29) is 18.2 Å². The van der Waals surface area contributed by atoms with Gasteiger partial charge in [-0.25, -0.2) is 0 Å². The maximum Gasteiger partial charge on any atom is 0.309 e. The lowest BCUT2D eigenvalue weighted by atomic mass is 10.0. The van der Waals surface area contributed by atoms with E-state index in [2.05, 4.69) is 9.72 Å². The number of methoxy groups -OCH3 is 1. The molecule has 0 radical (unpaired) electrons. The van der Waals surface area contributed by atoms with Crippen molar-refractivity contribution in [2.75, 3.05) is 7.11 Å². The zero-order valence-electron chi connectivity index (χ0n) is 11.2. The largest absolute Gasteiger partial charge is 0.469 e. The highest BCUT2D eigenvalue weighted by atomic mass is 16.5. The molecule has 0 bridgehead atoms. The van der Waals surface area contributed by atoms with Crippen molar-refractivity contribution in [3.05, 3.63) is 65.5 Å². The van der Waals surface area contributed by atoms with E-state index in [1.54, 1.807) is 24.5 Å². The molecule has 20 heavy (non-hydrogen) atoms. The van der Waals surface area contributed by atoms with Gasteiger partial charge in [0.05, 0.1) is 13.5 Å². The summed E-state index contributed by atoms with van der Waals surface area (Å²) in [6.07, 6.45) is 3.77. The predicted molar refractivity (Wildman–Crippen MR) is 74.4 cm³/mol. The van der Waals surface area contributed by atoms with Gasteiger partial charge in [0.25, 0.3) is 0 Å². The minimum absolute atomic E-state index is 0.0267. The van der Waals surface area contributed by atoms with E-state index in [1.165, 1.54) is 7.11 Å². The van der Waals surface area contributed by atoms with E-state index >= 15 is 0 Å². The Bertz CT molecular complexity index is 591. The molecule has 1 heterocycles. The molecule has 0 atom stereocenters. The molecular weight excluding hydrogens is 254 g/mol. The Labute approximate surface area is 117 Å². The lowest BCUT2D eigenvalue weighted by Gasteiger charge is -2.03. The molecule has 0 aliphatic heterocycles. The smallest absolute Gasteiger partial charge is 0.309 e. The predicted octanol–water partition coefficient (Wildman–Crippen LogP) is 2.22. The Kier molecular flexibility index (Phi) is 4.60. The second kappa shape index (κ2) is 6.61. The quantitative estimate of drug-likeness (QED) is 0.617. The number of carbonyl (C=O) groups is 2. The standard InChI is InChI=1S/C16H15NO3/c1-20-16(19)10-13-6-4-12(5-7-13)9-15(18)14-3-2-8-17-11-14/h2-8,11H,9-10H2,1H3. The van der Waals surface area contributed by atoms with E-state index < -0.39 is 0 Å². The summed E-state index contributed by atoms with van der Waals surface area (Å²) in [5.41, 5.74) is 2.38. The summed E-state index contributed by atoms with van der Waals surface area (Å²) in [5, 5.41) is 0. The zero-order chi connectivity index (χ0) is 14.4. The van der Waals surface area contributed by atoms with Gasteiger partial charge in [0, 0.05) is 24.4 Å². The molecule has 1 aromatic carbocycles. The number of esters is 1. The fourth-order valence-corrected chi connectivity index (χ4v) is 1.83. The molecule has 0 aliphatic carbocycles. The zero-order valence-corrected chi connectivity index (χ0v) is 11.2. The Balaban J connectivity index is 2.00. The third-order valence-electron chi connectivity index (χ3n) is 2.95. The van der Waals surface area contributed by atoms with E-state index in [0.717, 1.165) is 11.1 Å². The molecular formula is C16H15NO3. The highest BCUT2D eigenvalue weighted by Crippen LogP contribution is 2.09. The number of pyridine rings is 1. The summed E-state index contributed by atoms with van der Waals surface area (Å²) in [6, 6.07) is 10.9. The van der Waals surface area contributed by atoms with Gasteiger partial charge < -0.3 is 4.74 Å². The van der Waals surface area contributed by atoms with Crippen LogP contribution in [0.15, 0.2) is 48.8 Å². The number of ketones is 1. The summed E-state index contributed by atoms with van der Waals surface area (Å²) < 4.78 is 4.61. The lowest BCUT2D eigenvalue weighted by Crippen LogP contribution is -2.06. The number of rotatable bonds is 5. The topological polar surface area (TPSA) is 56.3 Å². The fourth-order valence-electron chi connectivity index (χ4n) is 1.83. The van der Waals surface area contributed by atoms with Crippen LogP contribution in [0.4, 0.5) is 0 Å². The third-order valence-corrected chi connectivity index (χ3v) is 2.95. The van der Waals surface area contributed by atoms with Gasteiger partial charge in [-0.15, -0.1) is 0 Å². The summed E-state index contributed by atoms with van der Waals surface area (Å²) in [5.74, 6) is -0.247. The second-order valence-electron chi connectivity index (χ2n) is 4.41. The minimum Gasteiger partial charge on any atom is -0.469 e.